The van der Waals surface area contributed by atoms with Crippen molar-refractivity contribution in [2.45, 2.75) is 47.1 Å². The number of aryl methyl sites for hydroxylation is 2. The van der Waals surface area contributed by atoms with Crippen molar-refractivity contribution < 1.29 is 0 Å². The van der Waals surface area contributed by atoms with E-state index in [1.54, 1.807) is 0 Å². The van der Waals surface area contributed by atoms with E-state index < -0.39 is 0 Å². The molecule has 1 atom stereocenters. The molecule has 0 aliphatic rings. The van der Waals surface area contributed by atoms with E-state index in [2.05, 4.69) is 46.0 Å². The van der Waals surface area contributed by atoms with Crippen molar-refractivity contribution in [3.8, 4) is 0 Å². The van der Waals surface area contributed by atoms with Crippen molar-refractivity contribution in [2.24, 2.45) is 0 Å². The third-order valence-electron chi connectivity index (χ3n) is 3.53. The molecule has 1 aromatic carbocycles. The molecule has 0 fully saturated rings. The Morgan fingerprint density at radius 1 is 1.07 bits per heavy atom. The maximum absolute atomic E-state index is 3.40. The summed E-state index contributed by atoms with van der Waals surface area (Å²) in [6.45, 7) is 11.1. The summed E-state index contributed by atoms with van der Waals surface area (Å²) in [5.74, 6) is 0. The monoisotopic (exact) mass is 205 g/mol. The second-order valence-electron chi connectivity index (χ2n) is 4.42. The van der Waals surface area contributed by atoms with Crippen molar-refractivity contribution in [2.75, 3.05) is 7.05 Å². The van der Waals surface area contributed by atoms with Gasteiger partial charge in [0.2, 0.25) is 0 Å². The van der Waals surface area contributed by atoms with Gasteiger partial charge in [-0.15, -0.1) is 0 Å². The zero-order chi connectivity index (χ0) is 11.6. The summed E-state index contributed by atoms with van der Waals surface area (Å²) < 4.78 is 0. The first-order chi connectivity index (χ1) is 7.02. The average molecular weight is 205 g/mol. The van der Waals surface area contributed by atoms with Crippen LogP contribution in [0.5, 0.6) is 0 Å². The van der Waals surface area contributed by atoms with Gasteiger partial charge in [0.05, 0.1) is 0 Å². The largest absolute Gasteiger partial charge is 0.313 e. The Morgan fingerprint density at radius 2 is 1.53 bits per heavy atom. The molecule has 0 saturated heterocycles. The standard InChI is InChI=1S/C14H23N/c1-7-13(15-6)14-11(4)9(2)8-10(3)12(14)5/h8,13,15H,7H2,1-6H3. The molecule has 0 spiro atoms. The van der Waals surface area contributed by atoms with Crippen LogP contribution in [0.15, 0.2) is 6.07 Å². The minimum Gasteiger partial charge on any atom is -0.313 e. The fourth-order valence-electron chi connectivity index (χ4n) is 2.32. The van der Waals surface area contributed by atoms with E-state index in [4.69, 9.17) is 0 Å². The van der Waals surface area contributed by atoms with Gasteiger partial charge in [-0.05, 0) is 69.0 Å². The summed E-state index contributed by atoms with van der Waals surface area (Å²) in [6, 6.07) is 2.78. The summed E-state index contributed by atoms with van der Waals surface area (Å²) >= 11 is 0. The van der Waals surface area contributed by atoms with Gasteiger partial charge < -0.3 is 5.32 Å². The Kier molecular flexibility index (Phi) is 3.92. The van der Waals surface area contributed by atoms with Gasteiger partial charge in [0.15, 0.2) is 0 Å². The lowest BCUT2D eigenvalue weighted by molar-refractivity contribution is 0.570. The van der Waals surface area contributed by atoms with Crippen LogP contribution in [0.4, 0.5) is 0 Å². The molecule has 0 aliphatic carbocycles. The fraction of sp³-hybridized carbons (Fsp3) is 0.571. The van der Waals surface area contributed by atoms with E-state index in [9.17, 15) is 0 Å². The maximum atomic E-state index is 3.40. The van der Waals surface area contributed by atoms with Crippen LogP contribution in [-0.2, 0) is 0 Å². The molecule has 1 aromatic rings. The van der Waals surface area contributed by atoms with Crippen molar-refractivity contribution >= 4 is 0 Å². The molecule has 15 heavy (non-hydrogen) atoms. The molecule has 0 radical (unpaired) electrons. The van der Waals surface area contributed by atoms with Crippen LogP contribution in [0.25, 0.3) is 0 Å². The summed E-state index contributed by atoms with van der Waals surface area (Å²) in [6.07, 6.45) is 1.14. The minimum absolute atomic E-state index is 0.489. The quantitative estimate of drug-likeness (QED) is 0.795. The van der Waals surface area contributed by atoms with E-state index in [0.717, 1.165) is 6.42 Å². The SMILES string of the molecule is CCC(NC)c1c(C)c(C)cc(C)c1C. The Labute approximate surface area is 93.9 Å². The fourth-order valence-corrected chi connectivity index (χ4v) is 2.32. The predicted octanol–water partition coefficient (Wildman–Crippen LogP) is 3.59. The lowest BCUT2D eigenvalue weighted by Gasteiger charge is -2.22. The highest BCUT2D eigenvalue weighted by Crippen LogP contribution is 2.28. The van der Waals surface area contributed by atoms with Crippen molar-refractivity contribution in [3.05, 3.63) is 33.9 Å². The third kappa shape index (κ3) is 2.23. The molecular formula is C14H23N. The summed E-state index contributed by atoms with van der Waals surface area (Å²) in [4.78, 5) is 0. The van der Waals surface area contributed by atoms with Gasteiger partial charge in [0.25, 0.3) is 0 Å². The summed E-state index contributed by atoms with van der Waals surface area (Å²) in [5.41, 5.74) is 7.19. The highest BCUT2D eigenvalue weighted by molar-refractivity contribution is 5.45. The Morgan fingerprint density at radius 3 is 1.87 bits per heavy atom. The molecule has 1 nitrogen and oxygen atoms in total. The molecule has 0 aliphatic heterocycles. The van der Waals surface area contributed by atoms with E-state index >= 15 is 0 Å². The zero-order valence-electron chi connectivity index (χ0n) is 10.9. The Bertz CT molecular complexity index is 323. The van der Waals surface area contributed by atoms with Gasteiger partial charge in [-0.3, -0.25) is 0 Å². The van der Waals surface area contributed by atoms with Crippen LogP contribution in [0.1, 0.15) is 47.2 Å². The van der Waals surface area contributed by atoms with Gasteiger partial charge in [-0.1, -0.05) is 13.0 Å². The highest BCUT2D eigenvalue weighted by atomic mass is 14.9. The Balaban J connectivity index is 3.37. The second kappa shape index (κ2) is 4.80. The molecule has 0 amide bonds. The molecule has 0 heterocycles. The smallest absolute Gasteiger partial charge is 0.0320 e. The summed E-state index contributed by atoms with van der Waals surface area (Å²) in [5, 5.41) is 3.40. The lowest BCUT2D eigenvalue weighted by Crippen LogP contribution is -2.18. The van der Waals surface area contributed by atoms with Gasteiger partial charge in [0, 0.05) is 6.04 Å². The normalized spacial score (nSPS) is 12.9. The molecular weight excluding hydrogens is 182 g/mol. The first kappa shape index (κ1) is 12.3. The predicted molar refractivity (Wildman–Crippen MR) is 67.5 cm³/mol. The molecule has 0 bridgehead atoms. The van der Waals surface area contributed by atoms with Crippen LogP contribution in [0.2, 0.25) is 0 Å². The van der Waals surface area contributed by atoms with Crippen molar-refractivity contribution in [3.63, 3.8) is 0 Å². The van der Waals surface area contributed by atoms with Crippen molar-refractivity contribution in [1.82, 2.24) is 5.32 Å². The Hall–Kier alpha value is -0.820. The molecule has 1 unspecified atom stereocenters. The highest BCUT2D eigenvalue weighted by Gasteiger charge is 2.15. The minimum atomic E-state index is 0.489. The van der Waals surface area contributed by atoms with E-state index in [1.165, 1.54) is 27.8 Å². The van der Waals surface area contributed by atoms with Crippen LogP contribution in [0, 0.1) is 27.7 Å². The number of hydrogen-bond donors (Lipinski definition) is 1. The first-order valence-corrected chi connectivity index (χ1v) is 5.77. The average Bonchev–Trinajstić information content (AvgIpc) is 2.21. The number of nitrogens with one attached hydrogen (secondary N) is 1. The van der Waals surface area contributed by atoms with Crippen LogP contribution in [-0.4, -0.2) is 7.05 Å². The first-order valence-electron chi connectivity index (χ1n) is 5.77. The van der Waals surface area contributed by atoms with Gasteiger partial charge in [-0.2, -0.15) is 0 Å². The van der Waals surface area contributed by atoms with E-state index in [1.807, 2.05) is 7.05 Å². The maximum Gasteiger partial charge on any atom is 0.0320 e. The molecule has 1 heteroatoms. The summed E-state index contributed by atoms with van der Waals surface area (Å²) in [7, 11) is 2.05. The number of rotatable bonds is 3. The van der Waals surface area contributed by atoms with Gasteiger partial charge >= 0.3 is 0 Å². The second-order valence-corrected chi connectivity index (χ2v) is 4.42. The number of hydrogen-bond acceptors (Lipinski definition) is 1. The number of benzene rings is 1. The molecule has 1 rings (SSSR count). The topological polar surface area (TPSA) is 12.0 Å². The van der Waals surface area contributed by atoms with Crippen LogP contribution < -0.4 is 5.32 Å². The van der Waals surface area contributed by atoms with E-state index in [0.29, 0.717) is 6.04 Å². The lowest BCUT2D eigenvalue weighted by atomic mass is 9.89. The zero-order valence-corrected chi connectivity index (χ0v) is 10.9. The van der Waals surface area contributed by atoms with Gasteiger partial charge in [-0.25, -0.2) is 0 Å². The van der Waals surface area contributed by atoms with E-state index in [-0.39, 0.29) is 0 Å². The molecule has 0 aromatic heterocycles. The van der Waals surface area contributed by atoms with Crippen molar-refractivity contribution in [1.29, 1.82) is 0 Å². The molecule has 0 saturated carbocycles. The van der Waals surface area contributed by atoms with Crippen LogP contribution in [0.3, 0.4) is 0 Å². The third-order valence-corrected chi connectivity index (χ3v) is 3.53. The van der Waals surface area contributed by atoms with Crippen LogP contribution >= 0.6 is 0 Å². The molecule has 1 N–H and O–H groups in total. The van der Waals surface area contributed by atoms with Gasteiger partial charge in [0.1, 0.15) is 0 Å². The molecule has 84 valence electrons.